The lowest BCUT2D eigenvalue weighted by Gasteiger charge is -2.19. The fourth-order valence-corrected chi connectivity index (χ4v) is 4.33. The lowest BCUT2D eigenvalue weighted by molar-refractivity contribution is 0.141. The van der Waals surface area contributed by atoms with E-state index in [9.17, 15) is 4.79 Å². The first-order chi connectivity index (χ1) is 16.7. The van der Waals surface area contributed by atoms with Crippen molar-refractivity contribution in [2.24, 2.45) is 0 Å². The van der Waals surface area contributed by atoms with E-state index < -0.39 is 0 Å². The summed E-state index contributed by atoms with van der Waals surface area (Å²) in [5, 5.41) is 0.446. The summed E-state index contributed by atoms with van der Waals surface area (Å²) in [5.41, 5.74) is 3.70. The quantitative estimate of drug-likeness (QED) is 0.360. The molecule has 9 heteroatoms. The second-order valence-corrected chi connectivity index (χ2v) is 8.04. The Balaban J connectivity index is 1.60. The molecule has 0 saturated heterocycles. The highest BCUT2D eigenvalue weighted by molar-refractivity contribution is 6.05. The van der Waals surface area contributed by atoms with Crippen molar-refractivity contribution in [3.63, 3.8) is 0 Å². The zero-order valence-corrected chi connectivity index (χ0v) is 18.7. The highest BCUT2D eigenvalue weighted by Crippen LogP contribution is 2.35. The van der Waals surface area contributed by atoms with E-state index >= 15 is 0 Å². The van der Waals surface area contributed by atoms with Gasteiger partial charge in [-0.3, -0.25) is 13.9 Å². The second-order valence-electron chi connectivity index (χ2n) is 8.04. The Hall–Kier alpha value is -3.98. The Labute approximate surface area is 194 Å². The Kier molecular flexibility index (Phi) is 5.10. The molecule has 0 amide bonds. The van der Waals surface area contributed by atoms with Crippen LogP contribution in [0, 0.1) is 0 Å². The highest BCUT2D eigenvalue weighted by atomic mass is 16.6. The lowest BCUT2D eigenvalue weighted by Crippen LogP contribution is -2.21. The fourth-order valence-electron chi connectivity index (χ4n) is 4.33. The molecule has 3 aromatic heterocycles. The molecule has 5 aromatic rings. The number of benzene rings is 2. The number of hydrogen-bond donors (Lipinski definition) is 0. The van der Waals surface area contributed by atoms with Crippen LogP contribution < -0.4 is 15.0 Å². The maximum Gasteiger partial charge on any atom is 0.265 e. The van der Waals surface area contributed by atoms with Crippen LogP contribution in [0.5, 0.6) is 11.5 Å². The predicted octanol–water partition coefficient (Wildman–Crippen LogP) is 3.48. The van der Waals surface area contributed by atoms with Gasteiger partial charge in [0.1, 0.15) is 24.1 Å². The topological polar surface area (TPSA) is 93.3 Å². The highest BCUT2D eigenvalue weighted by Gasteiger charge is 2.22. The zero-order chi connectivity index (χ0) is 23.1. The third-order valence-electron chi connectivity index (χ3n) is 5.91. The van der Waals surface area contributed by atoms with Gasteiger partial charge in [0.25, 0.3) is 5.56 Å². The minimum absolute atomic E-state index is 0.146. The number of rotatable bonds is 6. The van der Waals surface area contributed by atoms with Crippen LogP contribution in [0.1, 0.15) is 13.3 Å². The van der Waals surface area contributed by atoms with Crippen LogP contribution in [0.4, 0.5) is 0 Å². The Bertz CT molecular complexity index is 1590. The van der Waals surface area contributed by atoms with Crippen molar-refractivity contribution in [3.8, 4) is 17.2 Å². The molecular weight excluding hydrogens is 434 g/mol. The molecule has 0 atom stereocenters. The van der Waals surface area contributed by atoms with Gasteiger partial charge in [-0.1, -0.05) is 12.1 Å². The molecule has 34 heavy (non-hydrogen) atoms. The molecule has 0 spiro atoms. The first kappa shape index (κ1) is 20.6. The maximum atomic E-state index is 13.6. The molecule has 172 valence electrons. The number of ether oxygens (including phenoxy) is 3. The van der Waals surface area contributed by atoms with Crippen LogP contribution in [0.2, 0.25) is 0 Å². The van der Waals surface area contributed by atoms with E-state index in [4.69, 9.17) is 29.2 Å². The van der Waals surface area contributed by atoms with Crippen molar-refractivity contribution < 1.29 is 14.2 Å². The molecule has 6 rings (SSSR count). The summed E-state index contributed by atoms with van der Waals surface area (Å²) in [7, 11) is 0. The molecule has 4 heterocycles. The molecule has 0 unspecified atom stereocenters. The number of aryl methyl sites for hydroxylation is 1. The van der Waals surface area contributed by atoms with Crippen LogP contribution >= 0.6 is 0 Å². The van der Waals surface area contributed by atoms with Crippen LogP contribution in [0.25, 0.3) is 38.9 Å². The number of fused-ring (bicyclic) bond motifs is 5. The standard InChI is InChI=1S/C25H23N5O4/c1-2-32-11-5-10-29-15-26-23-21(25(29)31)22-24(28-18-7-4-3-6-17(18)27-22)30(23)16-8-9-19-20(14-16)34-13-12-33-19/h3-4,6-9,14-15H,2,5,10-13H2,1H3. The van der Waals surface area contributed by atoms with Gasteiger partial charge in [-0.05, 0) is 37.6 Å². The monoisotopic (exact) mass is 457 g/mol. The van der Waals surface area contributed by atoms with Gasteiger partial charge in [0.15, 0.2) is 22.8 Å². The van der Waals surface area contributed by atoms with Gasteiger partial charge in [-0.25, -0.2) is 15.0 Å². The fraction of sp³-hybridized carbons (Fsp3) is 0.280. The smallest absolute Gasteiger partial charge is 0.265 e. The average molecular weight is 457 g/mol. The molecule has 1 aliphatic rings. The summed E-state index contributed by atoms with van der Waals surface area (Å²) in [5.74, 6) is 1.34. The Morgan fingerprint density at radius 3 is 2.62 bits per heavy atom. The van der Waals surface area contributed by atoms with Crippen molar-refractivity contribution in [1.29, 1.82) is 0 Å². The minimum atomic E-state index is -0.146. The number of hydrogen-bond acceptors (Lipinski definition) is 7. The number of aromatic nitrogens is 5. The number of nitrogens with zero attached hydrogens (tertiary/aromatic N) is 5. The SMILES string of the molecule is CCOCCCn1cnc2c(c1=O)c1nc3ccccc3nc1n2-c1ccc2c(c1)OCCO2. The van der Waals surface area contributed by atoms with Crippen molar-refractivity contribution in [1.82, 2.24) is 24.1 Å². The van der Waals surface area contributed by atoms with Crippen molar-refractivity contribution in [2.75, 3.05) is 26.4 Å². The molecule has 0 radical (unpaired) electrons. The molecule has 2 aromatic carbocycles. The molecule has 9 nitrogen and oxygen atoms in total. The summed E-state index contributed by atoms with van der Waals surface area (Å²) in [4.78, 5) is 28.0. The minimum Gasteiger partial charge on any atom is -0.486 e. The molecule has 1 aliphatic heterocycles. The van der Waals surface area contributed by atoms with Gasteiger partial charge in [0.05, 0.1) is 23.0 Å². The average Bonchev–Trinajstić information content (AvgIpc) is 3.20. The summed E-state index contributed by atoms with van der Waals surface area (Å²) in [6.07, 6.45) is 2.31. The van der Waals surface area contributed by atoms with Gasteiger partial charge in [-0.15, -0.1) is 0 Å². The maximum absolute atomic E-state index is 13.6. The van der Waals surface area contributed by atoms with Gasteiger partial charge < -0.3 is 14.2 Å². The van der Waals surface area contributed by atoms with Gasteiger partial charge >= 0.3 is 0 Å². The van der Waals surface area contributed by atoms with E-state index in [1.165, 1.54) is 0 Å². The van der Waals surface area contributed by atoms with E-state index in [0.717, 1.165) is 23.1 Å². The number of para-hydroxylation sites is 2. The van der Waals surface area contributed by atoms with Crippen molar-refractivity contribution in [3.05, 3.63) is 59.1 Å². The Morgan fingerprint density at radius 2 is 1.79 bits per heavy atom. The molecular formula is C25H23N5O4. The first-order valence-electron chi connectivity index (χ1n) is 11.4. The van der Waals surface area contributed by atoms with Crippen LogP contribution in [0.3, 0.4) is 0 Å². The van der Waals surface area contributed by atoms with Gasteiger partial charge in [-0.2, -0.15) is 0 Å². The summed E-state index contributed by atoms with van der Waals surface area (Å²) < 4.78 is 20.4. The normalized spacial score (nSPS) is 13.2. The summed E-state index contributed by atoms with van der Waals surface area (Å²) in [6.45, 7) is 4.71. The van der Waals surface area contributed by atoms with E-state index in [1.54, 1.807) is 10.9 Å². The zero-order valence-electron chi connectivity index (χ0n) is 18.7. The largest absolute Gasteiger partial charge is 0.486 e. The van der Waals surface area contributed by atoms with Gasteiger partial charge in [0, 0.05) is 25.8 Å². The summed E-state index contributed by atoms with van der Waals surface area (Å²) >= 11 is 0. The van der Waals surface area contributed by atoms with Crippen molar-refractivity contribution >= 4 is 33.2 Å². The predicted molar refractivity (Wildman–Crippen MR) is 128 cm³/mol. The van der Waals surface area contributed by atoms with E-state index in [2.05, 4.69) is 0 Å². The molecule has 0 fully saturated rings. The lowest BCUT2D eigenvalue weighted by atomic mass is 10.2. The van der Waals surface area contributed by atoms with Gasteiger partial charge in [0.2, 0.25) is 0 Å². The van der Waals surface area contributed by atoms with E-state index in [1.807, 2.05) is 54.0 Å². The first-order valence-corrected chi connectivity index (χ1v) is 11.4. The third kappa shape index (κ3) is 3.36. The molecule has 0 bridgehead atoms. The van der Waals surface area contributed by atoms with E-state index in [0.29, 0.717) is 66.7 Å². The van der Waals surface area contributed by atoms with Crippen LogP contribution in [-0.4, -0.2) is 50.5 Å². The molecule has 0 N–H and O–H groups in total. The Morgan fingerprint density at radius 1 is 1.00 bits per heavy atom. The summed E-state index contributed by atoms with van der Waals surface area (Å²) in [6, 6.07) is 13.3. The second kappa shape index (κ2) is 8.42. The third-order valence-corrected chi connectivity index (χ3v) is 5.91. The molecule has 0 saturated carbocycles. The van der Waals surface area contributed by atoms with Crippen molar-refractivity contribution in [2.45, 2.75) is 19.9 Å². The van der Waals surface area contributed by atoms with E-state index in [-0.39, 0.29) is 5.56 Å². The van der Waals surface area contributed by atoms with Crippen LogP contribution in [-0.2, 0) is 11.3 Å². The molecule has 0 aliphatic carbocycles. The van der Waals surface area contributed by atoms with Crippen LogP contribution in [0.15, 0.2) is 53.6 Å².